The maximum absolute atomic E-state index is 12.5. The van der Waals surface area contributed by atoms with E-state index in [2.05, 4.69) is 57.0 Å². The summed E-state index contributed by atoms with van der Waals surface area (Å²) in [5.74, 6) is 0.832. The van der Waals surface area contributed by atoms with E-state index < -0.39 is 0 Å². The molecule has 1 amide bonds. The van der Waals surface area contributed by atoms with Crippen LogP contribution in [0.25, 0.3) is 22.3 Å². The summed E-state index contributed by atoms with van der Waals surface area (Å²) in [4.78, 5) is 31.6. The van der Waals surface area contributed by atoms with Crippen molar-refractivity contribution in [1.82, 2.24) is 19.9 Å². The fourth-order valence-electron chi connectivity index (χ4n) is 4.18. The Morgan fingerprint density at radius 2 is 1.83 bits per heavy atom. The zero-order valence-electron chi connectivity index (χ0n) is 20.3. The van der Waals surface area contributed by atoms with E-state index in [1.807, 2.05) is 42.6 Å². The number of hydrogen-bond acceptors (Lipinski definition) is 6. The average molecular weight is 471 g/mol. The lowest BCUT2D eigenvalue weighted by Crippen LogP contribution is -2.36. The first-order valence-electron chi connectivity index (χ1n) is 11.9. The predicted molar refractivity (Wildman–Crippen MR) is 138 cm³/mol. The summed E-state index contributed by atoms with van der Waals surface area (Å²) in [7, 11) is 0. The fraction of sp³-hybridized carbons (Fsp3) is 0.333. The van der Waals surface area contributed by atoms with Gasteiger partial charge in [-0.1, -0.05) is 39.0 Å². The highest BCUT2D eigenvalue weighted by molar-refractivity contribution is 5.93. The van der Waals surface area contributed by atoms with E-state index in [1.165, 1.54) is 0 Å². The molecule has 0 saturated carbocycles. The summed E-state index contributed by atoms with van der Waals surface area (Å²) in [6.45, 7) is 9.47. The van der Waals surface area contributed by atoms with Gasteiger partial charge in [0.05, 0.1) is 25.0 Å². The highest BCUT2D eigenvalue weighted by atomic mass is 16.5. The number of H-pyrrole nitrogens is 1. The molecule has 5 rings (SSSR count). The molecule has 0 unspecified atom stereocenters. The van der Waals surface area contributed by atoms with E-state index >= 15 is 0 Å². The Morgan fingerprint density at radius 1 is 1.06 bits per heavy atom. The molecule has 0 atom stereocenters. The molecule has 4 heterocycles. The molecule has 1 saturated heterocycles. The van der Waals surface area contributed by atoms with Crippen LogP contribution in [0, 0.1) is 0 Å². The normalized spacial score (nSPS) is 14.3. The fourth-order valence-corrected chi connectivity index (χ4v) is 4.18. The number of benzene rings is 1. The maximum atomic E-state index is 12.5. The van der Waals surface area contributed by atoms with Gasteiger partial charge in [0.2, 0.25) is 5.91 Å². The van der Waals surface area contributed by atoms with Crippen LogP contribution < -0.4 is 10.2 Å². The van der Waals surface area contributed by atoms with Gasteiger partial charge in [-0.25, -0.2) is 9.97 Å². The molecule has 4 aromatic rings. The number of fused-ring (bicyclic) bond motifs is 1. The zero-order chi connectivity index (χ0) is 24.4. The number of aromatic nitrogens is 4. The third-order valence-electron chi connectivity index (χ3n) is 6.23. The zero-order valence-corrected chi connectivity index (χ0v) is 20.3. The van der Waals surface area contributed by atoms with Crippen molar-refractivity contribution in [2.75, 3.05) is 36.5 Å². The first kappa shape index (κ1) is 23.0. The highest BCUT2D eigenvalue weighted by Gasteiger charge is 2.18. The van der Waals surface area contributed by atoms with Crippen LogP contribution in [0.4, 0.5) is 11.5 Å². The minimum atomic E-state index is -0.0928. The molecule has 35 heavy (non-hydrogen) atoms. The number of ether oxygens (including phenoxy) is 1. The molecule has 1 fully saturated rings. The van der Waals surface area contributed by atoms with Gasteiger partial charge in [-0.2, -0.15) is 0 Å². The molecule has 0 spiro atoms. The molecule has 0 radical (unpaired) electrons. The highest BCUT2D eigenvalue weighted by Crippen LogP contribution is 2.29. The Labute approximate surface area is 204 Å². The quantitative estimate of drug-likeness (QED) is 0.451. The molecule has 0 aliphatic carbocycles. The molecule has 8 nitrogen and oxygen atoms in total. The van der Waals surface area contributed by atoms with Crippen LogP contribution in [0.2, 0.25) is 0 Å². The molecular formula is C27H30N6O2. The van der Waals surface area contributed by atoms with Crippen LogP contribution >= 0.6 is 0 Å². The number of anilines is 2. The van der Waals surface area contributed by atoms with Crippen LogP contribution in [0.1, 0.15) is 32.0 Å². The van der Waals surface area contributed by atoms with Crippen molar-refractivity contribution in [3.8, 4) is 11.3 Å². The summed E-state index contributed by atoms with van der Waals surface area (Å²) in [6.07, 6.45) is 3.68. The van der Waals surface area contributed by atoms with Crippen molar-refractivity contribution < 1.29 is 9.53 Å². The first-order valence-corrected chi connectivity index (χ1v) is 11.9. The van der Waals surface area contributed by atoms with E-state index in [4.69, 9.17) is 4.74 Å². The van der Waals surface area contributed by atoms with E-state index in [0.29, 0.717) is 13.2 Å². The van der Waals surface area contributed by atoms with Gasteiger partial charge in [0.1, 0.15) is 17.8 Å². The number of amides is 1. The van der Waals surface area contributed by atoms with Gasteiger partial charge >= 0.3 is 0 Å². The third-order valence-corrected chi connectivity index (χ3v) is 6.23. The summed E-state index contributed by atoms with van der Waals surface area (Å²) in [5, 5.41) is 3.96. The number of nitrogens with one attached hydrogen (secondary N) is 2. The third kappa shape index (κ3) is 5.17. The summed E-state index contributed by atoms with van der Waals surface area (Å²) in [6, 6.07) is 13.8. The van der Waals surface area contributed by atoms with Gasteiger partial charge in [-0.15, -0.1) is 0 Å². The topological polar surface area (TPSA) is 96.0 Å². The second-order valence-electron chi connectivity index (χ2n) is 9.83. The molecular weight excluding hydrogens is 440 g/mol. The van der Waals surface area contributed by atoms with Crippen LogP contribution in [-0.4, -0.2) is 52.1 Å². The van der Waals surface area contributed by atoms with Gasteiger partial charge in [0.25, 0.3) is 0 Å². The number of carbonyl (C=O) groups is 1. The van der Waals surface area contributed by atoms with Gasteiger partial charge in [0, 0.05) is 36.4 Å². The van der Waals surface area contributed by atoms with E-state index in [1.54, 1.807) is 6.33 Å². The maximum Gasteiger partial charge on any atom is 0.230 e. The molecule has 1 aromatic carbocycles. The van der Waals surface area contributed by atoms with Crippen molar-refractivity contribution in [2.24, 2.45) is 0 Å². The molecule has 180 valence electrons. The summed E-state index contributed by atoms with van der Waals surface area (Å²) >= 11 is 0. The molecule has 1 aliphatic rings. The van der Waals surface area contributed by atoms with Crippen LogP contribution in [0.3, 0.4) is 0 Å². The second kappa shape index (κ2) is 9.46. The number of nitrogens with zero attached hydrogens (tertiary/aromatic N) is 4. The molecule has 1 aliphatic heterocycles. The second-order valence-corrected chi connectivity index (χ2v) is 9.83. The van der Waals surface area contributed by atoms with Crippen molar-refractivity contribution in [3.63, 3.8) is 0 Å². The minimum absolute atomic E-state index is 0.0389. The molecule has 2 N–H and O–H groups in total. The van der Waals surface area contributed by atoms with E-state index in [-0.39, 0.29) is 17.7 Å². The monoisotopic (exact) mass is 470 g/mol. The lowest BCUT2D eigenvalue weighted by atomic mass is 9.88. The van der Waals surface area contributed by atoms with Crippen molar-refractivity contribution in [1.29, 1.82) is 0 Å². The Morgan fingerprint density at radius 3 is 2.51 bits per heavy atom. The Hall–Kier alpha value is -3.78. The van der Waals surface area contributed by atoms with E-state index in [0.717, 1.165) is 58.1 Å². The summed E-state index contributed by atoms with van der Waals surface area (Å²) < 4.78 is 5.47. The minimum Gasteiger partial charge on any atom is -0.378 e. The van der Waals surface area contributed by atoms with Crippen molar-refractivity contribution in [2.45, 2.75) is 32.6 Å². The van der Waals surface area contributed by atoms with Gasteiger partial charge < -0.3 is 19.9 Å². The van der Waals surface area contributed by atoms with Crippen LogP contribution in [0.15, 0.2) is 55.0 Å². The Balaban J connectivity index is 1.27. The first-order chi connectivity index (χ1) is 16.9. The van der Waals surface area contributed by atoms with Crippen LogP contribution in [-0.2, 0) is 21.4 Å². The number of pyridine rings is 1. The number of hydrogen-bond donors (Lipinski definition) is 2. The van der Waals surface area contributed by atoms with Crippen molar-refractivity contribution in [3.05, 3.63) is 66.2 Å². The summed E-state index contributed by atoms with van der Waals surface area (Å²) in [5.41, 5.74) is 5.45. The number of aromatic amines is 1. The van der Waals surface area contributed by atoms with E-state index in [9.17, 15) is 4.79 Å². The standard InChI is InChI=1S/C27H30N6O2/c1-27(2,3)19-6-9-21(28-16-19)14-24(34)31-20-7-4-18(5-8-20)23-15-22-25(32-23)29-17-30-26(22)33-10-12-35-13-11-33/h4-9,15-17H,10-14H2,1-3H3,(H,31,34)(H,29,30,32). The molecule has 8 heteroatoms. The van der Waals surface area contributed by atoms with Gasteiger partial charge in [-0.05, 0) is 40.8 Å². The largest absolute Gasteiger partial charge is 0.378 e. The van der Waals surface area contributed by atoms with Gasteiger partial charge in [-0.3, -0.25) is 9.78 Å². The molecule has 0 bridgehead atoms. The smallest absolute Gasteiger partial charge is 0.230 e. The van der Waals surface area contributed by atoms with Crippen LogP contribution in [0.5, 0.6) is 0 Å². The lowest BCUT2D eigenvalue weighted by molar-refractivity contribution is -0.115. The molecule has 3 aromatic heterocycles. The lowest BCUT2D eigenvalue weighted by Gasteiger charge is -2.27. The number of morpholine rings is 1. The average Bonchev–Trinajstić information content (AvgIpc) is 3.29. The van der Waals surface area contributed by atoms with Crippen molar-refractivity contribution >= 4 is 28.4 Å². The SMILES string of the molecule is CC(C)(C)c1ccc(CC(=O)Nc2ccc(-c3cc4c(N5CCOCC5)ncnc4[nH]3)cc2)nc1. The number of rotatable bonds is 5. The van der Waals surface area contributed by atoms with Gasteiger partial charge in [0.15, 0.2) is 0 Å². The Kier molecular flexibility index (Phi) is 6.21. The predicted octanol–water partition coefficient (Wildman–Crippen LogP) is 4.34. The Bertz CT molecular complexity index is 1320. The number of carbonyl (C=O) groups excluding carboxylic acids is 1.